The Balaban J connectivity index is 0.00000121. The fourth-order valence-corrected chi connectivity index (χ4v) is 0.706. The van der Waals surface area contributed by atoms with Gasteiger partial charge in [-0.2, -0.15) is 18.6 Å². The smallest absolute Gasteiger partial charge is 0.207 e. The molecule has 61 valence electrons. The maximum atomic E-state index is 9.89. The van der Waals surface area contributed by atoms with Gasteiger partial charge in [0.25, 0.3) is 0 Å². The van der Waals surface area contributed by atoms with E-state index in [1.807, 2.05) is 12.1 Å². The number of pyridine rings is 1. The van der Waals surface area contributed by atoms with Crippen LogP contribution in [-0.2, 0) is 44.0 Å². The van der Waals surface area contributed by atoms with E-state index >= 15 is 0 Å². The molecule has 0 saturated heterocycles. The number of rotatable bonds is 3. The Morgan fingerprint density at radius 2 is 2.33 bits per heavy atom. The zero-order valence-electron chi connectivity index (χ0n) is 6.66. The van der Waals surface area contributed by atoms with Crippen LogP contribution in [0, 0.1) is 6.92 Å². The van der Waals surface area contributed by atoms with Gasteiger partial charge in [-0.15, -0.1) is 0 Å². The summed E-state index contributed by atoms with van der Waals surface area (Å²) in [6.45, 7) is 4.17. The number of nitrogens with zero attached hydrogens (tertiary/aromatic N) is 1. The second-order valence-corrected chi connectivity index (χ2v) is 2.16. The molecule has 1 N–H and O–H groups in total. The molecular weight excluding hydrogens is 229 g/mol. The zero-order chi connectivity index (χ0) is 8.10. The molecule has 0 atom stereocenters. The summed E-state index contributed by atoms with van der Waals surface area (Å²) in [6, 6.07) is 3.69. The van der Waals surface area contributed by atoms with Gasteiger partial charge in [-0.05, 0) is 0 Å². The molecular formula is C8H9N2OY-. The number of amides is 1. The van der Waals surface area contributed by atoms with E-state index in [0.29, 0.717) is 13.0 Å². The number of carbonyl (C=O) groups is 1. The van der Waals surface area contributed by atoms with E-state index in [1.165, 1.54) is 0 Å². The van der Waals surface area contributed by atoms with Crippen molar-refractivity contribution in [1.29, 1.82) is 0 Å². The van der Waals surface area contributed by atoms with Crippen molar-refractivity contribution in [3.8, 4) is 0 Å². The molecule has 12 heavy (non-hydrogen) atoms. The summed E-state index contributed by atoms with van der Waals surface area (Å²) in [6.07, 6.45) is 2.32. The van der Waals surface area contributed by atoms with Crippen LogP contribution in [0.1, 0.15) is 11.3 Å². The van der Waals surface area contributed by atoms with Gasteiger partial charge in [0, 0.05) is 38.4 Å². The number of hydrogen-bond acceptors (Lipinski definition) is 2. The SMILES string of the molecule is [CH2-]c1ccc(CNC=O)nc1.[Y]. The van der Waals surface area contributed by atoms with Gasteiger partial charge >= 0.3 is 0 Å². The largest absolute Gasteiger partial charge is 0.353 e. The summed E-state index contributed by atoms with van der Waals surface area (Å²) in [5.74, 6) is 0. The normalized spacial score (nSPS) is 8.33. The van der Waals surface area contributed by atoms with Crippen molar-refractivity contribution < 1.29 is 37.5 Å². The van der Waals surface area contributed by atoms with Gasteiger partial charge in [-0.1, -0.05) is 12.3 Å². The molecule has 0 aliphatic rings. The van der Waals surface area contributed by atoms with Gasteiger partial charge in [0.15, 0.2) is 0 Å². The fourth-order valence-electron chi connectivity index (χ4n) is 0.706. The fraction of sp³-hybridized carbons (Fsp3) is 0.125. The first-order chi connectivity index (χ1) is 5.33. The number of nitrogens with one attached hydrogen (secondary N) is 1. The third-order valence-corrected chi connectivity index (χ3v) is 1.25. The van der Waals surface area contributed by atoms with Crippen LogP contribution >= 0.6 is 0 Å². The number of hydrogen-bond donors (Lipinski definition) is 1. The van der Waals surface area contributed by atoms with E-state index in [1.54, 1.807) is 6.20 Å². The van der Waals surface area contributed by atoms with Crippen LogP contribution in [0.2, 0.25) is 0 Å². The molecule has 0 saturated carbocycles. The first-order valence-corrected chi connectivity index (χ1v) is 3.27. The maximum absolute atomic E-state index is 9.89. The van der Waals surface area contributed by atoms with Gasteiger partial charge in [0.2, 0.25) is 6.41 Å². The van der Waals surface area contributed by atoms with Gasteiger partial charge in [0.1, 0.15) is 0 Å². The van der Waals surface area contributed by atoms with Gasteiger partial charge in [-0.25, -0.2) is 0 Å². The van der Waals surface area contributed by atoms with Crippen LogP contribution in [0.4, 0.5) is 0 Å². The second kappa shape index (κ2) is 6.15. The molecule has 1 aromatic rings. The molecule has 0 spiro atoms. The van der Waals surface area contributed by atoms with E-state index in [9.17, 15) is 4.79 Å². The third kappa shape index (κ3) is 3.83. The predicted octanol–water partition coefficient (Wildman–Crippen LogP) is 0.507. The summed E-state index contributed by atoms with van der Waals surface area (Å²) < 4.78 is 0. The minimum absolute atomic E-state index is 0. The Kier molecular flexibility index (Phi) is 5.94. The van der Waals surface area contributed by atoms with Crippen molar-refractivity contribution in [2.45, 2.75) is 6.54 Å². The zero-order valence-corrected chi connectivity index (χ0v) is 9.49. The summed E-state index contributed by atoms with van der Waals surface area (Å²) in [5.41, 5.74) is 1.71. The van der Waals surface area contributed by atoms with Crippen LogP contribution in [-0.4, -0.2) is 11.4 Å². The van der Waals surface area contributed by atoms with E-state index in [4.69, 9.17) is 0 Å². The average Bonchev–Trinajstić information content (AvgIpc) is 2.04. The van der Waals surface area contributed by atoms with Crippen LogP contribution in [0.3, 0.4) is 0 Å². The average molecular weight is 238 g/mol. The van der Waals surface area contributed by atoms with Gasteiger partial charge in [0.05, 0.1) is 6.54 Å². The Morgan fingerprint density at radius 3 is 2.83 bits per heavy atom. The van der Waals surface area contributed by atoms with E-state index in [-0.39, 0.29) is 32.7 Å². The van der Waals surface area contributed by atoms with Crippen molar-refractivity contribution in [2.75, 3.05) is 0 Å². The van der Waals surface area contributed by atoms with Gasteiger partial charge < -0.3 is 10.3 Å². The third-order valence-electron chi connectivity index (χ3n) is 1.25. The molecule has 0 aromatic carbocycles. The quantitative estimate of drug-likeness (QED) is 0.615. The summed E-state index contributed by atoms with van der Waals surface area (Å²) in [4.78, 5) is 13.9. The summed E-state index contributed by atoms with van der Waals surface area (Å²) >= 11 is 0. The molecule has 1 radical (unpaired) electrons. The molecule has 0 fully saturated rings. The molecule has 0 unspecified atom stereocenters. The minimum atomic E-state index is 0. The molecule has 1 amide bonds. The first kappa shape index (κ1) is 11.6. The van der Waals surface area contributed by atoms with Crippen molar-refractivity contribution in [1.82, 2.24) is 10.3 Å². The van der Waals surface area contributed by atoms with Crippen LogP contribution in [0.5, 0.6) is 0 Å². The van der Waals surface area contributed by atoms with E-state index in [0.717, 1.165) is 11.3 Å². The van der Waals surface area contributed by atoms with E-state index < -0.39 is 0 Å². The standard InChI is InChI=1S/C8H9N2O.Y/c1-7-2-3-8(10-4-7)5-9-6-11;/h2-4,6H,1,5H2,(H,9,11);/q-1;. The molecule has 0 bridgehead atoms. The minimum Gasteiger partial charge on any atom is -0.353 e. The summed E-state index contributed by atoms with van der Waals surface area (Å²) in [7, 11) is 0. The first-order valence-electron chi connectivity index (χ1n) is 3.27. The molecule has 0 aliphatic carbocycles. The Hall–Kier alpha value is -0.406. The topological polar surface area (TPSA) is 42.0 Å². The molecule has 0 aliphatic heterocycles. The van der Waals surface area contributed by atoms with Crippen molar-refractivity contribution >= 4 is 6.41 Å². The molecule has 4 heteroatoms. The van der Waals surface area contributed by atoms with Crippen molar-refractivity contribution in [3.63, 3.8) is 0 Å². The van der Waals surface area contributed by atoms with Crippen molar-refractivity contribution in [3.05, 3.63) is 36.5 Å². The Labute approximate surface area is 96.8 Å². The Morgan fingerprint density at radius 1 is 1.58 bits per heavy atom. The van der Waals surface area contributed by atoms with Crippen molar-refractivity contribution in [2.24, 2.45) is 0 Å². The molecule has 1 aromatic heterocycles. The van der Waals surface area contributed by atoms with Crippen LogP contribution in [0.15, 0.2) is 18.3 Å². The second-order valence-electron chi connectivity index (χ2n) is 2.16. The Bertz CT molecular complexity index is 235. The predicted molar refractivity (Wildman–Crippen MR) is 41.6 cm³/mol. The monoisotopic (exact) mass is 238 g/mol. The summed E-state index contributed by atoms with van der Waals surface area (Å²) in [5, 5.41) is 2.52. The maximum Gasteiger partial charge on any atom is 0.207 e. The van der Waals surface area contributed by atoms with Crippen LogP contribution in [0.25, 0.3) is 0 Å². The number of aromatic nitrogens is 1. The number of carbonyl (C=O) groups excluding carboxylic acids is 1. The van der Waals surface area contributed by atoms with Gasteiger partial charge in [-0.3, -0.25) is 4.79 Å². The molecule has 1 heterocycles. The van der Waals surface area contributed by atoms with Crippen LogP contribution < -0.4 is 5.32 Å². The van der Waals surface area contributed by atoms with E-state index in [2.05, 4.69) is 17.2 Å². The molecule has 1 rings (SSSR count). The molecule has 3 nitrogen and oxygen atoms in total.